The summed E-state index contributed by atoms with van der Waals surface area (Å²) >= 11 is 0. The van der Waals surface area contributed by atoms with E-state index in [1.807, 2.05) is 0 Å². The quantitative estimate of drug-likeness (QED) is 0.916. The number of nitrogens with zero attached hydrogens (tertiary/aromatic N) is 5. The largest absolute Gasteiger partial charge is 0.368 e. The van der Waals surface area contributed by atoms with Crippen molar-refractivity contribution in [3.05, 3.63) is 0 Å². The minimum absolute atomic E-state index is 0.344. The maximum atomic E-state index is 5.93. The van der Waals surface area contributed by atoms with Crippen LogP contribution in [0, 0.1) is 0 Å². The first-order valence-electron chi connectivity index (χ1n) is 8.31. The fourth-order valence-corrected chi connectivity index (χ4v) is 3.51. The molecule has 2 heterocycles. The Kier molecular flexibility index (Phi) is 4.41. The van der Waals surface area contributed by atoms with E-state index in [0.29, 0.717) is 12.0 Å². The van der Waals surface area contributed by atoms with E-state index in [9.17, 15) is 0 Å². The van der Waals surface area contributed by atoms with Gasteiger partial charge >= 0.3 is 0 Å². The van der Waals surface area contributed by atoms with Crippen molar-refractivity contribution >= 4 is 17.8 Å². The van der Waals surface area contributed by atoms with Crippen molar-refractivity contribution in [3.63, 3.8) is 0 Å². The predicted octanol–water partition coefficient (Wildman–Crippen LogP) is 2.21. The maximum Gasteiger partial charge on any atom is 0.232 e. The summed E-state index contributed by atoms with van der Waals surface area (Å²) in [5, 5.41) is 0. The summed E-state index contributed by atoms with van der Waals surface area (Å²) in [7, 11) is 0. The number of hydrogen-bond donors (Lipinski definition) is 1. The lowest BCUT2D eigenvalue weighted by atomic mass is 9.94. The Balaban J connectivity index is 1.84. The third-order valence-corrected chi connectivity index (χ3v) is 4.63. The number of nitrogen functional groups attached to an aromatic ring is 1. The lowest BCUT2D eigenvalue weighted by Gasteiger charge is -2.33. The monoisotopic (exact) mass is 290 g/mol. The van der Waals surface area contributed by atoms with E-state index in [4.69, 9.17) is 10.7 Å². The topological polar surface area (TPSA) is 71.2 Å². The summed E-state index contributed by atoms with van der Waals surface area (Å²) in [5.41, 5.74) is 5.93. The highest BCUT2D eigenvalue weighted by Gasteiger charge is 2.24. The van der Waals surface area contributed by atoms with Gasteiger partial charge in [0.05, 0.1) is 0 Å². The van der Waals surface area contributed by atoms with Crippen LogP contribution in [0.5, 0.6) is 0 Å². The van der Waals surface area contributed by atoms with E-state index < -0.39 is 0 Å². The van der Waals surface area contributed by atoms with Gasteiger partial charge in [0.2, 0.25) is 17.8 Å². The Morgan fingerprint density at radius 1 is 1.05 bits per heavy atom. The molecule has 6 nitrogen and oxygen atoms in total. The Hall–Kier alpha value is -1.59. The lowest BCUT2D eigenvalue weighted by molar-refractivity contribution is 0.414. The summed E-state index contributed by atoms with van der Waals surface area (Å²) < 4.78 is 0. The van der Waals surface area contributed by atoms with Gasteiger partial charge in [-0.25, -0.2) is 0 Å². The predicted molar refractivity (Wildman–Crippen MR) is 85.6 cm³/mol. The van der Waals surface area contributed by atoms with Gasteiger partial charge in [0.1, 0.15) is 0 Å². The molecule has 21 heavy (non-hydrogen) atoms. The summed E-state index contributed by atoms with van der Waals surface area (Å²) in [6.07, 6.45) is 8.85. The molecule has 0 radical (unpaired) electrons. The van der Waals surface area contributed by atoms with Crippen molar-refractivity contribution in [3.8, 4) is 0 Å². The minimum Gasteiger partial charge on any atom is -0.368 e. The van der Waals surface area contributed by atoms with Crippen molar-refractivity contribution < 1.29 is 0 Å². The zero-order valence-corrected chi connectivity index (χ0v) is 13.0. The van der Waals surface area contributed by atoms with E-state index >= 15 is 0 Å². The van der Waals surface area contributed by atoms with Crippen LogP contribution >= 0.6 is 0 Å². The van der Waals surface area contributed by atoms with Crippen LogP contribution in [0.25, 0.3) is 0 Å². The molecule has 0 amide bonds. The average molecular weight is 290 g/mol. The highest BCUT2D eigenvalue weighted by atomic mass is 15.4. The molecular weight excluding hydrogens is 264 g/mol. The second kappa shape index (κ2) is 6.45. The average Bonchev–Trinajstić information content (AvgIpc) is 3.03. The van der Waals surface area contributed by atoms with Crippen LogP contribution in [-0.2, 0) is 0 Å². The number of rotatable bonds is 4. The van der Waals surface area contributed by atoms with Crippen LogP contribution in [0.3, 0.4) is 0 Å². The Morgan fingerprint density at radius 3 is 2.43 bits per heavy atom. The first-order valence-corrected chi connectivity index (χ1v) is 8.31. The molecule has 1 aromatic rings. The molecule has 0 aromatic carbocycles. The van der Waals surface area contributed by atoms with Gasteiger partial charge in [-0.2, -0.15) is 15.0 Å². The number of hydrogen-bond acceptors (Lipinski definition) is 6. The van der Waals surface area contributed by atoms with Crippen molar-refractivity contribution in [2.75, 3.05) is 35.2 Å². The standard InChI is InChI=1S/C15H26N6/c1-2-21(12-8-4-3-5-9-12)15-18-13(16)17-14(19-15)20-10-6-7-11-20/h12H,2-11H2,1H3,(H2,16,17,18,19). The van der Waals surface area contributed by atoms with Gasteiger partial charge in [-0.15, -0.1) is 0 Å². The van der Waals surface area contributed by atoms with E-state index in [0.717, 1.165) is 31.5 Å². The second-order valence-corrected chi connectivity index (χ2v) is 6.07. The molecule has 0 unspecified atom stereocenters. The first kappa shape index (κ1) is 14.4. The molecule has 1 saturated carbocycles. The van der Waals surface area contributed by atoms with E-state index in [2.05, 4.69) is 26.7 Å². The molecule has 3 rings (SSSR count). The van der Waals surface area contributed by atoms with Gasteiger partial charge in [0.25, 0.3) is 0 Å². The maximum absolute atomic E-state index is 5.93. The highest BCUT2D eigenvalue weighted by Crippen LogP contribution is 2.27. The van der Waals surface area contributed by atoms with Crippen molar-refractivity contribution in [2.24, 2.45) is 0 Å². The Morgan fingerprint density at radius 2 is 1.76 bits per heavy atom. The fraction of sp³-hybridized carbons (Fsp3) is 0.800. The van der Waals surface area contributed by atoms with Crippen LogP contribution in [0.1, 0.15) is 51.9 Å². The molecule has 2 fully saturated rings. The minimum atomic E-state index is 0.344. The van der Waals surface area contributed by atoms with E-state index in [1.54, 1.807) is 0 Å². The molecule has 1 aliphatic carbocycles. The molecule has 2 aliphatic rings. The van der Waals surface area contributed by atoms with Crippen LogP contribution in [0.15, 0.2) is 0 Å². The third-order valence-electron chi connectivity index (χ3n) is 4.63. The molecule has 1 saturated heterocycles. The van der Waals surface area contributed by atoms with Gasteiger partial charge in [-0.3, -0.25) is 0 Å². The smallest absolute Gasteiger partial charge is 0.232 e. The number of aromatic nitrogens is 3. The second-order valence-electron chi connectivity index (χ2n) is 6.07. The van der Waals surface area contributed by atoms with Gasteiger partial charge in [0.15, 0.2) is 0 Å². The van der Waals surface area contributed by atoms with Gasteiger partial charge in [0, 0.05) is 25.7 Å². The Labute approximate surface area is 126 Å². The zero-order chi connectivity index (χ0) is 14.7. The first-order chi connectivity index (χ1) is 10.3. The van der Waals surface area contributed by atoms with Crippen LogP contribution in [0.4, 0.5) is 17.8 Å². The number of anilines is 3. The molecule has 1 aromatic heterocycles. The molecule has 1 aliphatic heterocycles. The summed E-state index contributed by atoms with van der Waals surface area (Å²) in [6, 6.07) is 0.553. The highest BCUT2D eigenvalue weighted by molar-refractivity contribution is 5.44. The SMILES string of the molecule is CCN(c1nc(N)nc(N2CCCC2)n1)C1CCCCC1. The molecule has 0 atom stereocenters. The molecule has 2 N–H and O–H groups in total. The van der Waals surface area contributed by atoms with Gasteiger partial charge < -0.3 is 15.5 Å². The summed E-state index contributed by atoms with van der Waals surface area (Å²) in [5.74, 6) is 1.86. The molecular formula is C15H26N6. The van der Waals surface area contributed by atoms with Crippen molar-refractivity contribution in [1.82, 2.24) is 15.0 Å². The summed E-state index contributed by atoms with van der Waals surface area (Å²) in [4.78, 5) is 18.0. The zero-order valence-electron chi connectivity index (χ0n) is 13.0. The molecule has 0 spiro atoms. The fourth-order valence-electron chi connectivity index (χ4n) is 3.51. The molecule has 0 bridgehead atoms. The number of nitrogens with two attached hydrogens (primary N) is 1. The van der Waals surface area contributed by atoms with Crippen LogP contribution in [0.2, 0.25) is 0 Å². The van der Waals surface area contributed by atoms with E-state index in [-0.39, 0.29) is 0 Å². The Bertz CT molecular complexity index is 465. The van der Waals surface area contributed by atoms with Crippen molar-refractivity contribution in [2.45, 2.75) is 57.9 Å². The van der Waals surface area contributed by atoms with Gasteiger partial charge in [-0.1, -0.05) is 19.3 Å². The van der Waals surface area contributed by atoms with E-state index in [1.165, 1.54) is 44.9 Å². The molecule has 6 heteroatoms. The normalized spacial score (nSPS) is 20.0. The van der Waals surface area contributed by atoms with Crippen LogP contribution < -0.4 is 15.5 Å². The molecule has 116 valence electrons. The van der Waals surface area contributed by atoms with Gasteiger partial charge in [-0.05, 0) is 32.6 Å². The van der Waals surface area contributed by atoms with Crippen molar-refractivity contribution in [1.29, 1.82) is 0 Å². The van der Waals surface area contributed by atoms with Crippen LogP contribution in [-0.4, -0.2) is 40.6 Å². The lowest BCUT2D eigenvalue weighted by Crippen LogP contribution is -2.38. The third kappa shape index (κ3) is 3.19. The summed E-state index contributed by atoms with van der Waals surface area (Å²) in [6.45, 7) is 5.15.